The molecule has 0 radical (unpaired) electrons. The Balaban J connectivity index is 2.05. The van der Waals surface area contributed by atoms with Gasteiger partial charge in [-0.1, -0.05) is 0 Å². The molecule has 0 bridgehead atoms. The van der Waals surface area contributed by atoms with Crippen LogP contribution in [0.2, 0.25) is 0 Å². The Morgan fingerprint density at radius 3 is 2.89 bits per heavy atom. The van der Waals surface area contributed by atoms with Crippen LogP contribution in [0.15, 0.2) is 12.3 Å². The van der Waals surface area contributed by atoms with E-state index in [4.69, 9.17) is 15.2 Å². The molecule has 6 heteroatoms. The molecule has 0 aliphatic carbocycles. The second-order valence-corrected chi connectivity index (χ2v) is 4.21. The third-order valence-corrected chi connectivity index (χ3v) is 2.96. The first kappa shape index (κ1) is 12.6. The fourth-order valence-electron chi connectivity index (χ4n) is 1.88. The minimum Gasteiger partial charge on any atom is -0.481 e. The molecule has 98 valence electrons. The van der Waals surface area contributed by atoms with Gasteiger partial charge < -0.3 is 20.5 Å². The van der Waals surface area contributed by atoms with Crippen molar-refractivity contribution >= 4 is 11.7 Å². The van der Waals surface area contributed by atoms with Gasteiger partial charge in [-0.05, 0) is 25.9 Å². The van der Waals surface area contributed by atoms with Crippen molar-refractivity contribution in [2.24, 2.45) is 5.92 Å². The number of hydrogen-bond donors (Lipinski definition) is 2. The average Bonchev–Trinajstić information content (AvgIpc) is 2.42. The van der Waals surface area contributed by atoms with Gasteiger partial charge >= 0.3 is 5.97 Å². The predicted octanol–water partition coefficient (Wildman–Crippen LogP) is 0.577. The smallest absolute Gasteiger partial charge is 0.314 e. The van der Waals surface area contributed by atoms with E-state index < -0.39 is 0 Å². The van der Waals surface area contributed by atoms with E-state index in [2.05, 4.69) is 10.3 Å². The Kier molecular flexibility index (Phi) is 3.99. The van der Waals surface area contributed by atoms with E-state index in [0.29, 0.717) is 17.3 Å². The van der Waals surface area contributed by atoms with Crippen molar-refractivity contribution in [3.05, 3.63) is 12.3 Å². The number of esters is 1. The number of aromatic nitrogens is 1. The average molecular weight is 251 g/mol. The fraction of sp³-hybridized carbons (Fsp3) is 0.500. The minimum absolute atomic E-state index is 0.0650. The molecule has 1 aromatic rings. The van der Waals surface area contributed by atoms with Crippen LogP contribution in [-0.4, -0.2) is 31.2 Å². The number of nitrogens with zero attached hydrogens (tertiary/aromatic N) is 1. The number of anilines is 1. The normalized spacial score (nSPS) is 16.3. The largest absolute Gasteiger partial charge is 0.481 e. The molecule has 1 aliphatic heterocycles. The van der Waals surface area contributed by atoms with Gasteiger partial charge in [0, 0.05) is 6.07 Å². The molecular formula is C12H17N3O3. The number of rotatable bonds is 3. The Morgan fingerprint density at radius 1 is 1.50 bits per heavy atom. The van der Waals surface area contributed by atoms with Crippen molar-refractivity contribution in [2.45, 2.75) is 12.8 Å². The van der Waals surface area contributed by atoms with E-state index in [1.54, 1.807) is 0 Å². The molecule has 2 rings (SSSR count). The summed E-state index contributed by atoms with van der Waals surface area (Å²) in [4.78, 5) is 15.9. The topological polar surface area (TPSA) is 86.5 Å². The molecule has 1 fully saturated rings. The van der Waals surface area contributed by atoms with E-state index in [1.807, 2.05) is 0 Å². The van der Waals surface area contributed by atoms with Crippen molar-refractivity contribution in [3.63, 3.8) is 0 Å². The molecule has 3 N–H and O–H groups in total. The number of nitrogens with two attached hydrogens (primary N) is 1. The molecule has 18 heavy (non-hydrogen) atoms. The van der Waals surface area contributed by atoms with Crippen LogP contribution in [0.3, 0.4) is 0 Å². The van der Waals surface area contributed by atoms with Gasteiger partial charge in [0.1, 0.15) is 0 Å². The standard InChI is InChI=1S/C12H17N3O3/c1-17-11-6-10(9(13)7-15-11)18-12(16)8-2-4-14-5-3-8/h6-8,14H,2-5,13H2,1H3. The number of methoxy groups -OCH3 is 1. The molecule has 0 amide bonds. The van der Waals surface area contributed by atoms with Crippen LogP contribution in [0.5, 0.6) is 11.6 Å². The van der Waals surface area contributed by atoms with Gasteiger partial charge in [0.25, 0.3) is 0 Å². The highest BCUT2D eigenvalue weighted by molar-refractivity contribution is 5.77. The zero-order valence-electron chi connectivity index (χ0n) is 10.3. The highest BCUT2D eigenvalue weighted by atomic mass is 16.5. The number of piperidine rings is 1. The van der Waals surface area contributed by atoms with Crippen molar-refractivity contribution in [1.82, 2.24) is 10.3 Å². The Bertz CT molecular complexity index is 431. The lowest BCUT2D eigenvalue weighted by Gasteiger charge is -2.21. The molecule has 0 atom stereocenters. The molecule has 0 saturated carbocycles. The summed E-state index contributed by atoms with van der Waals surface area (Å²) in [6, 6.07) is 1.52. The maximum atomic E-state index is 12.0. The number of nitrogens with one attached hydrogen (secondary N) is 1. The maximum Gasteiger partial charge on any atom is 0.314 e. The van der Waals surface area contributed by atoms with E-state index in [-0.39, 0.29) is 11.9 Å². The van der Waals surface area contributed by atoms with Gasteiger partial charge in [-0.3, -0.25) is 4.79 Å². The van der Waals surface area contributed by atoms with E-state index in [9.17, 15) is 4.79 Å². The Hall–Kier alpha value is -1.82. The number of carbonyl (C=O) groups excluding carboxylic acids is 1. The lowest BCUT2D eigenvalue weighted by Crippen LogP contribution is -2.33. The van der Waals surface area contributed by atoms with E-state index >= 15 is 0 Å². The number of hydrogen-bond acceptors (Lipinski definition) is 6. The second-order valence-electron chi connectivity index (χ2n) is 4.21. The molecule has 1 aliphatic rings. The lowest BCUT2D eigenvalue weighted by atomic mass is 9.98. The number of pyridine rings is 1. The summed E-state index contributed by atoms with van der Waals surface area (Å²) in [5, 5.41) is 3.20. The molecule has 1 saturated heterocycles. The Labute approximate surface area is 105 Å². The summed E-state index contributed by atoms with van der Waals surface area (Å²) in [5.41, 5.74) is 6.05. The summed E-state index contributed by atoms with van der Waals surface area (Å²) in [7, 11) is 1.50. The molecular weight excluding hydrogens is 234 g/mol. The zero-order chi connectivity index (χ0) is 13.0. The van der Waals surface area contributed by atoms with Crippen molar-refractivity contribution in [2.75, 3.05) is 25.9 Å². The second kappa shape index (κ2) is 5.68. The number of carbonyl (C=O) groups is 1. The fourth-order valence-corrected chi connectivity index (χ4v) is 1.88. The summed E-state index contributed by atoms with van der Waals surface area (Å²) < 4.78 is 10.3. The van der Waals surface area contributed by atoms with Crippen LogP contribution >= 0.6 is 0 Å². The summed E-state index contributed by atoms with van der Waals surface area (Å²) in [6.07, 6.45) is 3.01. The number of nitrogen functional groups attached to an aromatic ring is 1. The SMILES string of the molecule is COc1cc(OC(=O)C2CCNCC2)c(N)cn1. The molecule has 2 heterocycles. The van der Waals surface area contributed by atoms with E-state index in [0.717, 1.165) is 25.9 Å². The van der Waals surface area contributed by atoms with Gasteiger partial charge in [-0.15, -0.1) is 0 Å². The van der Waals surface area contributed by atoms with Gasteiger partial charge in [0.05, 0.1) is 24.9 Å². The maximum absolute atomic E-state index is 12.0. The predicted molar refractivity (Wildman–Crippen MR) is 66.4 cm³/mol. The summed E-state index contributed by atoms with van der Waals surface area (Å²) in [6.45, 7) is 1.68. The quantitative estimate of drug-likeness (QED) is 0.764. The van der Waals surface area contributed by atoms with Gasteiger partial charge in [0.2, 0.25) is 5.88 Å². The van der Waals surface area contributed by atoms with Gasteiger partial charge in [-0.25, -0.2) is 4.98 Å². The van der Waals surface area contributed by atoms with Crippen molar-refractivity contribution in [1.29, 1.82) is 0 Å². The lowest BCUT2D eigenvalue weighted by molar-refractivity contribution is -0.139. The highest BCUT2D eigenvalue weighted by Gasteiger charge is 2.23. The molecule has 6 nitrogen and oxygen atoms in total. The molecule has 0 aromatic carbocycles. The number of ether oxygens (including phenoxy) is 2. The van der Waals surface area contributed by atoms with Crippen LogP contribution in [0, 0.1) is 5.92 Å². The molecule has 1 aromatic heterocycles. The first-order valence-corrected chi connectivity index (χ1v) is 5.92. The monoisotopic (exact) mass is 251 g/mol. The minimum atomic E-state index is -0.239. The van der Waals surface area contributed by atoms with Crippen LogP contribution in [0.4, 0.5) is 5.69 Å². The van der Waals surface area contributed by atoms with Crippen molar-refractivity contribution < 1.29 is 14.3 Å². The van der Waals surface area contributed by atoms with Crippen LogP contribution in [-0.2, 0) is 4.79 Å². The van der Waals surface area contributed by atoms with Crippen LogP contribution in [0.25, 0.3) is 0 Å². The summed E-state index contributed by atoms with van der Waals surface area (Å²) >= 11 is 0. The first-order chi connectivity index (χ1) is 8.70. The molecule has 0 unspecified atom stereocenters. The molecule has 0 spiro atoms. The third-order valence-electron chi connectivity index (χ3n) is 2.96. The van der Waals surface area contributed by atoms with E-state index in [1.165, 1.54) is 19.4 Å². The zero-order valence-corrected chi connectivity index (χ0v) is 10.3. The third kappa shape index (κ3) is 2.89. The first-order valence-electron chi connectivity index (χ1n) is 5.92. The van der Waals surface area contributed by atoms with Gasteiger partial charge in [-0.2, -0.15) is 0 Å². The Morgan fingerprint density at radius 2 is 2.22 bits per heavy atom. The van der Waals surface area contributed by atoms with Gasteiger partial charge in [0.15, 0.2) is 5.75 Å². The highest BCUT2D eigenvalue weighted by Crippen LogP contribution is 2.26. The van der Waals surface area contributed by atoms with Crippen LogP contribution in [0.1, 0.15) is 12.8 Å². The summed E-state index contributed by atoms with van der Waals surface area (Å²) in [5.74, 6) is 0.379. The van der Waals surface area contributed by atoms with Crippen molar-refractivity contribution in [3.8, 4) is 11.6 Å². The van der Waals surface area contributed by atoms with Crippen LogP contribution < -0.4 is 20.5 Å².